The largest absolute Gasteiger partial charge is 0.405 e. The van der Waals surface area contributed by atoms with Gasteiger partial charge in [0, 0.05) is 23.2 Å². The number of nitrogens with one attached hydrogen (secondary N) is 1. The lowest BCUT2D eigenvalue weighted by Gasteiger charge is -2.24. The molecule has 0 aromatic heterocycles. The summed E-state index contributed by atoms with van der Waals surface area (Å²) in [7, 11) is 0. The third-order valence-corrected chi connectivity index (χ3v) is 5.25. The van der Waals surface area contributed by atoms with Crippen LogP contribution >= 0.6 is 0 Å². The van der Waals surface area contributed by atoms with E-state index in [4.69, 9.17) is 0 Å². The Labute approximate surface area is 164 Å². The average Bonchev–Trinajstić information content (AvgIpc) is 3.29. The Morgan fingerprint density at radius 1 is 1.03 bits per heavy atom. The summed E-state index contributed by atoms with van der Waals surface area (Å²) in [6.45, 7) is -1.16. The summed E-state index contributed by atoms with van der Waals surface area (Å²) in [5, 5.41) is 1.85. The molecular formula is C21H17F3N2O3. The maximum atomic E-state index is 13.0. The second-order valence-corrected chi connectivity index (χ2v) is 7.12. The standard InChI is InChI=1S/C21H17F3N2O3/c22-21(23,24)11-25-19(28)17-6-3-9-26(17)20(29)12-7-8-14-13-4-1-2-5-15(13)18(27)16(14)10-12/h1-2,4-5,7-8,10,17H,3,6,9,11H2,(H,25,28). The van der Waals surface area contributed by atoms with E-state index in [9.17, 15) is 27.6 Å². The molecule has 29 heavy (non-hydrogen) atoms. The number of rotatable bonds is 3. The molecule has 1 heterocycles. The van der Waals surface area contributed by atoms with Gasteiger partial charge >= 0.3 is 6.18 Å². The third kappa shape index (κ3) is 3.50. The van der Waals surface area contributed by atoms with Crippen molar-refractivity contribution in [2.75, 3.05) is 13.1 Å². The predicted molar refractivity (Wildman–Crippen MR) is 98.4 cm³/mol. The van der Waals surface area contributed by atoms with E-state index in [1.807, 2.05) is 17.4 Å². The summed E-state index contributed by atoms with van der Waals surface area (Å²) >= 11 is 0. The molecule has 0 radical (unpaired) electrons. The molecule has 4 rings (SSSR count). The Hall–Kier alpha value is -3.16. The van der Waals surface area contributed by atoms with Crippen LogP contribution in [0.15, 0.2) is 42.5 Å². The molecular weight excluding hydrogens is 385 g/mol. The Morgan fingerprint density at radius 2 is 1.72 bits per heavy atom. The number of nitrogens with zero attached hydrogens (tertiary/aromatic N) is 1. The van der Waals surface area contributed by atoms with Gasteiger partial charge in [-0.2, -0.15) is 13.2 Å². The van der Waals surface area contributed by atoms with Gasteiger partial charge in [-0.1, -0.05) is 30.3 Å². The molecule has 1 saturated heterocycles. The number of hydrogen-bond acceptors (Lipinski definition) is 3. The third-order valence-electron chi connectivity index (χ3n) is 5.25. The number of halogens is 3. The Morgan fingerprint density at radius 3 is 2.45 bits per heavy atom. The SMILES string of the molecule is O=C1c2ccccc2-c2ccc(C(=O)N3CCCC3C(=O)NCC(F)(F)F)cc21. The molecule has 1 unspecified atom stereocenters. The van der Waals surface area contributed by atoms with Gasteiger partial charge in [-0.3, -0.25) is 14.4 Å². The zero-order chi connectivity index (χ0) is 20.8. The number of amides is 2. The first kappa shape index (κ1) is 19.2. The molecule has 0 bridgehead atoms. The summed E-state index contributed by atoms with van der Waals surface area (Å²) in [6, 6.07) is 11.0. The number of carbonyl (C=O) groups excluding carboxylic acids is 3. The topological polar surface area (TPSA) is 66.5 Å². The highest BCUT2D eigenvalue weighted by Crippen LogP contribution is 2.37. The number of benzene rings is 2. The van der Waals surface area contributed by atoms with Gasteiger partial charge in [0.05, 0.1) is 0 Å². The van der Waals surface area contributed by atoms with Gasteiger partial charge in [-0.05, 0) is 36.1 Å². The van der Waals surface area contributed by atoms with E-state index in [-0.39, 0.29) is 17.9 Å². The zero-order valence-electron chi connectivity index (χ0n) is 15.3. The number of carbonyl (C=O) groups is 3. The van der Waals surface area contributed by atoms with Crippen molar-refractivity contribution in [1.29, 1.82) is 0 Å². The molecule has 5 nitrogen and oxygen atoms in total. The quantitative estimate of drug-likeness (QED) is 0.732. The van der Waals surface area contributed by atoms with Gasteiger partial charge in [-0.25, -0.2) is 0 Å². The first-order valence-electron chi connectivity index (χ1n) is 9.20. The molecule has 1 aliphatic heterocycles. The molecule has 8 heteroatoms. The van der Waals surface area contributed by atoms with Crippen LogP contribution in [0.3, 0.4) is 0 Å². The van der Waals surface area contributed by atoms with Crippen LogP contribution in [0.25, 0.3) is 11.1 Å². The molecule has 150 valence electrons. The van der Waals surface area contributed by atoms with E-state index < -0.39 is 30.6 Å². The molecule has 2 aliphatic rings. The molecule has 2 aromatic carbocycles. The van der Waals surface area contributed by atoms with E-state index in [2.05, 4.69) is 0 Å². The van der Waals surface area contributed by atoms with Crippen LogP contribution in [0, 0.1) is 0 Å². The maximum Gasteiger partial charge on any atom is 0.405 e. The molecule has 2 aromatic rings. The van der Waals surface area contributed by atoms with E-state index in [1.165, 1.54) is 11.0 Å². The van der Waals surface area contributed by atoms with Crippen molar-refractivity contribution < 1.29 is 27.6 Å². The summed E-state index contributed by atoms with van der Waals surface area (Å²) in [5.74, 6) is -1.47. The second kappa shape index (κ2) is 7.02. The van der Waals surface area contributed by atoms with E-state index in [1.54, 1.807) is 24.3 Å². The van der Waals surface area contributed by atoms with Crippen LogP contribution in [-0.4, -0.2) is 47.8 Å². The van der Waals surface area contributed by atoms with Crippen molar-refractivity contribution in [2.24, 2.45) is 0 Å². The maximum absolute atomic E-state index is 13.0. The van der Waals surface area contributed by atoms with Crippen molar-refractivity contribution in [3.63, 3.8) is 0 Å². The molecule has 2 amide bonds. The fraction of sp³-hybridized carbons (Fsp3) is 0.286. The van der Waals surface area contributed by atoms with Crippen LogP contribution in [0.5, 0.6) is 0 Å². The molecule has 0 spiro atoms. The summed E-state index contributed by atoms with van der Waals surface area (Å²) in [4.78, 5) is 39.0. The van der Waals surface area contributed by atoms with E-state index in [0.717, 1.165) is 11.1 Å². The van der Waals surface area contributed by atoms with Crippen molar-refractivity contribution >= 4 is 17.6 Å². The van der Waals surface area contributed by atoms with Crippen molar-refractivity contribution in [1.82, 2.24) is 10.2 Å². The van der Waals surface area contributed by atoms with Gasteiger partial charge in [0.15, 0.2) is 5.78 Å². The van der Waals surface area contributed by atoms with E-state index >= 15 is 0 Å². The van der Waals surface area contributed by atoms with Crippen LogP contribution in [0.4, 0.5) is 13.2 Å². The Kier molecular flexibility index (Phi) is 4.64. The van der Waals surface area contributed by atoms with Crippen molar-refractivity contribution in [2.45, 2.75) is 25.1 Å². The minimum absolute atomic E-state index is 0.175. The van der Waals surface area contributed by atoms with Gasteiger partial charge < -0.3 is 10.2 Å². The fourth-order valence-corrected chi connectivity index (χ4v) is 3.91. The fourth-order valence-electron chi connectivity index (χ4n) is 3.91. The van der Waals surface area contributed by atoms with Crippen LogP contribution in [-0.2, 0) is 4.79 Å². The summed E-state index contributed by atoms with van der Waals surface area (Å²) < 4.78 is 37.1. The van der Waals surface area contributed by atoms with Crippen LogP contribution in [0.1, 0.15) is 39.1 Å². The number of likely N-dealkylation sites (tertiary alicyclic amines) is 1. The van der Waals surface area contributed by atoms with Crippen molar-refractivity contribution in [3.8, 4) is 11.1 Å². The number of fused-ring (bicyclic) bond motifs is 3. The summed E-state index contributed by atoms with van der Waals surface area (Å²) in [6.07, 6.45) is -3.70. The lowest BCUT2D eigenvalue weighted by atomic mass is 10.0. The Bertz CT molecular complexity index is 1020. The van der Waals surface area contributed by atoms with Gasteiger partial charge in [-0.15, -0.1) is 0 Å². The molecule has 0 saturated carbocycles. The molecule has 1 atom stereocenters. The monoisotopic (exact) mass is 402 g/mol. The molecule has 1 N–H and O–H groups in total. The zero-order valence-corrected chi connectivity index (χ0v) is 15.3. The van der Waals surface area contributed by atoms with Gasteiger partial charge in [0.25, 0.3) is 5.91 Å². The van der Waals surface area contributed by atoms with E-state index in [0.29, 0.717) is 24.0 Å². The first-order chi connectivity index (χ1) is 13.8. The average molecular weight is 402 g/mol. The normalized spacial score (nSPS) is 17.8. The lowest BCUT2D eigenvalue weighted by molar-refractivity contribution is -0.140. The minimum atomic E-state index is -4.52. The summed E-state index contributed by atoms with van der Waals surface area (Å²) in [5.41, 5.74) is 2.76. The van der Waals surface area contributed by atoms with Crippen LogP contribution < -0.4 is 5.32 Å². The minimum Gasteiger partial charge on any atom is -0.345 e. The lowest BCUT2D eigenvalue weighted by Crippen LogP contribution is -2.48. The molecule has 1 fully saturated rings. The highest BCUT2D eigenvalue weighted by Gasteiger charge is 2.37. The van der Waals surface area contributed by atoms with Crippen LogP contribution in [0.2, 0.25) is 0 Å². The first-order valence-corrected chi connectivity index (χ1v) is 9.20. The highest BCUT2D eigenvalue weighted by molar-refractivity contribution is 6.22. The smallest absolute Gasteiger partial charge is 0.345 e. The number of ketones is 1. The van der Waals surface area contributed by atoms with Gasteiger partial charge in [0.2, 0.25) is 5.91 Å². The second-order valence-electron chi connectivity index (χ2n) is 7.12. The Balaban J connectivity index is 1.56. The highest BCUT2D eigenvalue weighted by atomic mass is 19.4. The molecule has 1 aliphatic carbocycles. The number of hydrogen-bond donors (Lipinski definition) is 1. The van der Waals surface area contributed by atoms with Gasteiger partial charge in [0.1, 0.15) is 12.6 Å². The predicted octanol–water partition coefficient (Wildman–Crippen LogP) is 3.18. The number of alkyl halides is 3. The van der Waals surface area contributed by atoms with Crippen molar-refractivity contribution in [3.05, 3.63) is 59.2 Å².